The Balaban J connectivity index is 0.000000816. The number of rotatable bonds is 17. The molecule has 0 bridgehead atoms. The summed E-state index contributed by atoms with van der Waals surface area (Å²) in [5.41, 5.74) is 3.89. The fourth-order valence-corrected chi connectivity index (χ4v) is 4.13. The number of aromatic nitrogens is 4. The Morgan fingerprint density at radius 3 is 2.51 bits per heavy atom. The van der Waals surface area contributed by atoms with Gasteiger partial charge in [-0.2, -0.15) is 5.10 Å². The zero-order valence-corrected chi connectivity index (χ0v) is 33.0. The van der Waals surface area contributed by atoms with Gasteiger partial charge in [0, 0.05) is 70.3 Å². The third-order valence-electron chi connectivity index (χ3n) is 6.60. The third-order valence-corrected chi connectivity index (χ3v) is 7.13. The number of alkyl halides is 1. The topological polar surface area (TPSA) is 170 Å². The van der Waals surface area contributed by atoms with Crippen molar-refractivity contribution in [3.8, 4) is 0 Å². The van der Waals surface area contributed by atoms with E-state index in [-0.39, 0.29) is 24.4 Å². The summed E-state index contributed by atoms with van der Waals surface area (Å²) < 4.78 is 7.03. The molecular formula is C35H56Cl2N12O2. The maximum Gasteiger partial charge on any atom is 0.222 e. The molecule has 0 aliphatic rings. The van der Waals surface area contributed by atoms with E-state index >= 15 is 0 Å². The largest absolute Gasteiger partial charge is 0.383 e. The molecule has 16 heteroatoms. The molecule has 14 nitrogen and oxygen atoms in total. The van der Waals surface area contributed by atoms with Gasteiger partial charge in [0.15, 0.2) is 5.82 Å². The lowest BCUT2D eigenvalue weighted by Crippen LogP contribution is -2.38. The van der Waals surface area contributed by atoms with Crippen molar-refractivity contribution >= 4 is 65.2 Å². The van der Waals surface area contributed by atoms with Crippen molar-refractivity contribution in [2.75, 3.05) is 45.6 Å². The number of hydrazone groups is 1. The van der Waals surface area contributed by atoms with Gasteiger partial charge in [0.25, 0.3) is 0 Å². The minimum atomic E-state index is -0.401. The lowest BCUT2D eigenvalue weighted by molar-refractivity contribution is -0.121. The summed E-state index contributed by atoms with van der Waals surface area (Å²) in [7, 11) is 5.14. The molecular weight excluding hydrogens is 691 g/mol. The first kappa shape index (κ1) is 46.6. The SMILES string of the molecule is C=C/C=C\C(Cl)=C/C.C=NNC(=NC)[C@H](CC(=O)NCC)N=CC/C=C\CCl.COCC(C)N(C)C(=N)c1cn2c(C)nnc2c(NC(C)C)n1. The molecule has 1 amide bonds. The Kier molecular flexibility index (Phi) is 25.0. The second-order valence-electron chi connectivity index (χ2n) is 11.0. The predicted octanol–water partition coefficient (Wildman–Crippen LogP) is 5.79. The second-order valence-corrected chi connectivity index (χ2v) is 11.7. The van der Waals surface area contributed by atoms with E-state index in [2.05, 4.69) is 59.6 Å². The molecule has 2 atom stereocenters. The second kappa shape index (κ2) is 27.3. The normalized spacial score (nSPS) is 13.0. The maximum atomic E-state index is 11.7. The quantitative estimate of drug-likeness (QED) is 0.0394. The van der Waals surface area contributed by atoms with Crippen LogP contribution in [0.1, 0.15) is 59.0 Å². The number of nitrogens with one attached hydrogen (secondary N) is 4. The minimum Gasteiger partial charge on any atom is -0.383 e. The number of methoxy groups -OCH3 is 1. The lowest BCUT2D eigenvalue weighted by atomic mass is 10.2. The van der Waals surface area contributed by atoms with Gasteiger partial charge in [-0.1, -0.05) is 48.6 Å². The number of ether oxygens (including phenoxy) is 1. The third kappa shape index (κ3) is 18.4. The number of amides is 1. The standard InChI is InChI=1S/C15H25N7O.C13H22ClN5O.C7H9Cl/c1-9(2)17-14-15-20-19-11(4)22(15)7-12(18-14)13(16)21(5)10(3)8-23-6;1-4-17-12(20)10-11(13(15-2)19-16-3)18-9-7-5-6-8-14;1-3-5-6-7(8)4-2/h7,9-10,16H,8H2,1-6H3,(H,17,18);5-6,9,11H,3-4,7-8,10H2,1-2H3,(H,15,19)(H,17,20);3-6H,1H2,2H3/b;6-5-,18-9?;6-5-,7-4+/t;11-;/m.0./s1. The van der Waals surface area contributed by atoms with Crippen molar-refractivity contribution in [3.05, 3.63) is 65.8 Å². The van der Waals surface area contributed by atoms with Crippen LogP contribution in [0.4, 0.5) is 5.82 Å². The van der Waals surface area contributed by atoms with Gasteiger partial charge in [0.2, 0.25) is 11.6 Å². The highest BCUT2D eigenvalue weighted by Gasteiger charge is 2.20. The van der Waals surface area contributed by atoms with Gasteiger partial charge in [0.1, 0.15) is 29.2 Å². The van der Waals surface area contributed by atoms with Crippen LogP contribution >= 0.6 is 23.2 Å². The molecule has 0 spiro atoms. The van der Waals surface area contributed by atoms with E-state index < -0.39 is 6.04 Å². The van der Waals surface area contributed by atoms with Crippen molar-refractivity contribution in [1.29, 1.82) is 5.41 Å². The summed E-state index contributed by atoms with van der Waals surface area (Å²) in [4.78, 5) is 26.5. The Morgan fingerprint density at radius 2 is 1.96 bits per heavy atom. The highest BCUT2D eigenvalue weighted by molar-refractivity contribution is 6.31. The van der Waals surface area contributed by atoms with Crippen molar-refractivity contribution < 1.29 is 9.53 Å². The fourth-order valence-electron chi connectivity index (χ4n) is 3.93. The van der Waals surface area contributed by atoms with Crippen molar-refractivity contribution in [2.45, 2.75) is 72.5 Å². The number of halogens is 2. The number of hydrogen-bond acceptors (Lipinski definition) is 10. The zero-order valence-electron chi connectivity index (χ0n) is 31.5. The van der Waals surface area contributed by atoms with Gasteiger partial charge in [0.05, 0.1) is 19.1 Å². The smallest absolute Gasteiger partial charge is 0.222 e. The van der Waals surface area contributed by atoms with Crippen molar-refractivity contribution in [3.63, 3.8) is 0 Å². The molecule has 0 fully saturated rings. The highest BCUT2D eigenvalue weighted by Crippen LogP contribution is 2.17. The van der Waals surface area contributed by atoms with Gasteiger partial charge in [-0.3, -0.25) is 30.0 Å². The average molecular weight is 748 g/mol. The monoisotopic (exact) mass is 746 g/mol. The summed E-state index contributed by atoms with van der Waals surface area (Å²) in [6.07, 6.45) is 15.2. The van der Waals surface area contributed by atoms with E-state index in [0.29, 0.717) is 54.3 Å². The van der Waals surface area contributed by atoms with E-state index in [1.807, 2.05) is 76.1 Å². The lowest BCUT2D eigenvalue weighted by Gasteiger charge is -2.26. The van der Waals surface area contributed by atoms with Crippen LogP contribution in [0.5, 0.6) is 0 Å². The van der Waals surface area contributed by atoms with Gasteiger partial charge < -0.3 is 20.3 Å². The number of aliphatic imine (C=N–C) groups is 2. The van der Waals surface area contributed by atoms with Crippen LogP contribution in [0.2, 0.25) is 0 Å². The molecule has 0 aromatic carbocycles. The number of anilines is 1. The van der Waals surface area contributed by atoms with E-state index in [1.165, 1.54) is 0 Å². The zero-order chi connectivity index (χ0) is 38.8. The Bertz CT molecular complexity index is 1520. The van der Waals surface area contributed by atoms with Crippen LogP contribution < -0.4 is 16.1 Å². The molecule has 0 saturated heterocycles. The van der Waals surface area contributed by atoms with Crippen LogP contribution in [0.25, 0.3) is 5.65 Å². The Morgan fingerprint density at radius 1 is 1.25 bits per heavy atom. The maximum absolute atomic E-state index is 11.7. The summed E-state index contributed by atoms with van der Waals surface area (Å²) in [6.45, 7) is 19.7. The molecule has 2 aromatic heterocycles. The number of likely N-dealkylation sites (N-methyl/N-ethyl adjacent to an activating group) is 1. The number of allylic oxidation sites excluding steroid dienone is 7. The summed E-state index contributed by atoms with van der Waals surface area (Å²) in [5.74, 6) is 2.62. The first-order valence-electron chi connectivity index (χ1n) is 16.4. The predicted molar refractivity (Wildman–Crippen MR) is 215 cm³/mol. The van der Waals surface area contributed by atoms with Gasteiger partial charge in [-0.25, -0.2) is 4.98 Å². The van der Waals surface area contributed by atoms with Crippen molar-refractivity contribution in [1.82, 2.24) is 35.2 Å². The number of hydrogen-bond donors (Lipinski definition) is 4. The summed E-state index contributed by atoms with van der Waals surface area (Å²) >= 11 is 11.1. The molecule has 2 heterocycles. The number of nitrogens with zero attached hydrogens (tertiary/aromatic N) is 8. The number of aryl methyl sites for hydroxylation is 1. The van der Waals surface area contributed by atoms with E-state index in [4.69, 9.17) is 33.3 Å². The molecule has 1 unspecified atom stereocenters. The number of carbonyl (C=O) groups excluding carboxylic acids is 1. The van der Waals surface area contributed by atoms with Crippen LogP contribution in [-0.2, 0) is 9.53 Å². The minimum absolute atomic E-state index is 0.0773. The molecule has 4 N–H and O–H groups in total. The summed E-state index contributed by atoms with van der Waals surface area (Å²) in [5, 5.41) is 27.0. The molecule has 0 aliphatic heterocycles. The molecule has 282 valence electrons. The van der Waals surface area contributed by atoms with Crippen LogP contribution in [0, 0.1) is 12.3 Å². The first-order chi connectivity index (χ1) is 24.3. The number of carbonyl (C=O) groups is 1. The van der Waals surface area contributed by atoms with E-state index in [0.717, 1.165) is 10.9 Å². The first-order valence-corrected chi connectivity index (χ1v) is 17.3. The van der Waals surface area contributed by atoms with Crippen LogP contribution in [0.15, 0.2) is 69.4 Å². The molecule has 0 aliphatic carbocycles. The molecule has 2 rings (SSSR count). The van der Waals surface area contributed by atoms with E-state index in [9.17, 15) is 4.79 Å². The number of amidine groups is 2. The molecule has 2 aromatic rings. The molecule has 0 radical (unpaired) electrons. The molecule has 51 heavy (non-hydrogen) atoms. The highest BCUT2D eigenvalue weighted by atomic mass is 35.5. The van der Waals surface area contributed by atoms with Gasteiger partial charge in [-0.15, -0.1) is 21.8 Å². The Labute approximate surface area is 313 Å². The Hall–Kier alpha value is -4.40. The number of fused-ring (bicyclic) bond motifs is 1. The van der Waals surface area contributed by atoms with Crippen molar-refractivity contribution in [2.24, 2.45) is 15.1 Å². The average Bonchev–Trinajstić information content (AvgIpc) is 3.49. The van der Waals surface area contributed by atoms with E-state index in [1.54, 1.807) is 44.8 Å². The van der Waals surface area contributed by atoms with Crippen LogP contribution in [-0.4, -0.2) is 113 Å². The summed E-state index contributed by atoms with van der Waals surface area (Å²) in [6, 6.07) is -0.118. The fraction of sp³-hybridized carbons (Fsp3) is 0.486. The van der Waals surface area contributed by atoms with Crippen LogP contribution in [0.3, 0.4) is 0 Å². The van der Waals surface area contributed by atoms with Gasteiger partial charge in [-0.05, 0) is 47.6 Å². The molecule has 0 saturated carbocycles. The van der Waals surface area contributed by atoms with Gasteiger partial charge >= 0.3 is 0 Å².